The molecule has 0 heterocycles. The molecule has 0 fully saturated rings. The Morgan fingerprint density at radius 2 is 1.79 bits per heavy atom. The van der Waals surface area contributed by atoms with E-state index in [9.17, 15) is 4.79 Å². The van der Waals surface area contributed by atoms with Gasteiger partial charge in [-0.3, -0.25) is 0 Å². The van der Waals surface area contributed by atoms with Gasteiger partial charge in [-0.25, -0.2) is 4.79 Å². The van der Waals surface area contributed by atoms with Crippen molar-refractivity contribution < 1.29 is 11.0 Å². The Labute approximate surface area is 85.4 Å². The molecule has 78 valence electrons. The van der Waals surface area contributed by atoms with Crippen LogP contribution >= 0.6 is 0 Å². The molecule has 0 saturated carbocycles. The minimum absolute atomic E-state index is 0. The molecular weight excluding hydrogens is 178 g/mol. The molecule has 0 amide bonds. The van der Waals surface area contributed by atoms with Crippen LogP contribution in [0.15, 0.2) is 24.3 Å². The van der Waals surface area contributed by atoms with Crippen LogP contribution in [-0.2, 0) is 4.74 Å². The van der Waals surface area contributed by atoms with Gasteiger partial charge in [-0.15, -0.1) is 0 Å². The number of ether oxygens (including phenoxy) is 1. The number of hydrogen-bond acceptors (Lipinski definition) is 3. The molecule has 0 aromatic heterocycles. The van der Waals surface area contributed by atoms with Crippen molar-refractivity contribution in [3.8, 4) is 0 Å². The fraction of sp³-hybridized carbons (Fsp3) is 0.364. The Morgan fingerprint density at radius 1 is 1.29 bits per heavy atom. The zero-order valence-corrected chi connectivity index (χ0v) is 8.70. The van der Waals surface area contributed by atoms with Crippen LogP contribution in [0, 0.1) is 0 Å². The summed E-state index contributed by atoms with van der Waals surface area (Å²) in [4.78, 5) is 11.5. The smallest absolute Gasteiger partial charge is 0.338 e. The Bertz CT molecular complexity index is 327. The van der Waals surface area contributed by atoms with E-state index in [0.717, 1.165) is 0 Å². The quantitative estimate of drug-likeness (QED) is 0.553. The lowest BCUT2D eigenvalue weighted by atomic mass is 10.1. The Balaban J connectivity index is 0.00000196. The molecule has 3 nitrogen and oxygen atoms in total. The van der Waals surface area contributed by atoms with Gasteiger partial charge in [0.1, 0.15) is 5.60 Å². The first-order valence-corrected chi connectivity index (χ1v) is 4.47. The molecule has 0 bridgehead atoms. The minimum atomic E-state index is -0.460. The number of hydrogen-bond donors (Lipinski definition) is 1. The molecule has 1 aromatic carbocycles. The van der Waals surface area contributed by atoms with E-state index < -0.39 is 5.60 Å². The van der Waals surface area contributed by atoms with Crippen LogP contribution in [0.3, 0.4) is 0 Å². The van der Waals surface area contributed by atoms with Crippen molar-refractivity contribution in [1.82, 2.24) is 0 Å². The molecule has 3 heteroatoms. The van der Waals surface area contributed by atoms with E-state index in [1.165, 1.54) is 0 Å². The van der Waals surface area contributed by atoms with E-state index in [-0.39, 0.29) is 7.40 Å². The van der Waals surface area contributed by atoms with Crippen LogP contribution < -0.4 is 5.73 Å². The maximum atomic E-state index is 11.5. The monoisotopic (exact) mass is 195 g/mol. The van der Waals surface area contributed by atoms with Crippen LogP contribution in [0.2, 0.25) is 0 Å². The zero-order valence-electron chi connectivity index (χ0n) is 8.70. The average molecular weight is 195 g/mol. The SMILES string of the molecule is CC(C)(C)OC(=O)c1ccc(N)cc1.[HH]. The van der Waals surface area contributed by atoms with Gasteiger partial charge in [0.05, 0.1) is 5.56 Å². The molecule has 0 aliphatic heterocycles. The van der Waals surface area contributed by atoms with Crippen molar-refractivity contribution in [3.63, 3.8) is 0 Å². The number of carbonyl (C=O) groups excluding carboxylic acids is 1. The van der Waals surface area contributed by atoms with E-state index in [4.69, 9.17) is 10.5 Å². The van der Waals surface area contributed by atoms with Crippen LogP contribution in [0.1, 0.15) is 32.6 Å². The summed E-state index contributed by atoms with van der Waals surface area (Å²) in [6.45, 7) is 5.51. The first-order chi connectivity index (χ1) is 6.38. The molecule has 0 aliphatic rings. The second-order valence-corrected chi connectivity index (χ2v) is 4.12. The second kappa shape index (κ2) is 3.70. The lowest BCUT2D eigenvalue weighted by Gasteiger charge is -2.19. The summed E-state index contributed by atoms with van der Waals surface area (Å²) < 4.78 is 5.18. The predicted molar refractivity (Wildman–Crippen MR) is 58.1 cm³/mol. The maximum absolute atomic E-state index is 11.5. The van der Waals surface area contributed by atoms with E-state index >= 15 is 0 Å². The number of esters is 1. The largest absolute Gasteiger partial charge is 0.456 e. The fourth-order valence-corrected chi connectivity index (χ4v) is 0.956. The molecule has 0 spiro atoms. The summed E-state index contributed by atoms with van der Waals surface area (Å²) in [6, 6.07) is 6.67. The van der Waals surface area contributed by atoms with E-state index in [1.807, 2.05) is 20.8 Å². The highest BCUT2D eigenvalue weighted by molar-refractivity contribution is 5.90. The van der Waals surface area contributed by atoms with Crippen molar-refractivity contribution in [2.45, 2.75) is 26.4 Å². The molecule has 1 aromatic rings. The normalized spacial score (nSPS) is 11.1. The molecule has 1 rings (SSSR count). The van der Waals surface area contributed by atoms with Gasteiger partial charge >= 0.3 is 5.97 Å². The number of anilines is 1. The zero-order chi connectivity index (χ0) is 10.8. The first-order valence-electron chi connectivity index (χ1n) is 4.47. The number of carbonyl (C=O) groups is 1. The maximum Gasteiger partial charge on any atom is 0.338 e. The van der Waals surface area contributed by atoms with Crippen LogP contribution in [0.5, 0.6) is 0 Å². The number of nitrogen functional groups attached to an aromatic ring is 1. The van der Waals surface area contributed by atoms with Gasteiger partial charge in [-0.1, -0.05) is 0 Å². The molecule has 0 saturated heterocycles. The fourth-order valence-electron chi connectivity index (χ4n) is 0.956. The van der Waals surface area contributed by atoms with Crippen molar-refractivity contribution >= 4 is 11.7 Å². The summed E-state index contributed by atoms with van der Waals surface area (Å²) >= 11 is 0. The van der Waals surface area contributed by atoms with Crippen molar-refractivity contribution in [2.75, 3.05) is 5.73 Å². The van der Waals surface area contributed by atoms with Crippen molar-refractivity contribution in [1.29, 1.82) is 0 Å². The van der Waals surface area contributed by atoms with Gasteiger partial charge in [0.25, 0.3) is 0 Å². The van der Waals surface area contributed by atoms with Crippen molar-refractivity contribution in [2.24, 2.45) is 0 Å². The van der Waals surface area contributed by atoms with Gasteiger partial charge in [0.15, 0.2) is 0 Å². The van der Waals surface area contributed by atoms with Crippen LogP contribution in [-0.4, -0.2) is 11.6 Å². The van der Waals surface area contributed by atoms with Crippen molar-refractivity contribution in [3.05, 3.63) is 29.8 Å². The Kier molecular flexibility index (Phi) is 2.79. The summed E-state index contributed by atoms with van der Waals surface area (Å²) in [6.07, 6.45) is 0. The molecule has 0 radical (unpaired) electrons. The molecular formula is C11H17NO2. The van der Waals surface area contributed by atoms with E-state index in [2.05, 4.69) is 0 Å². The van der Waals surface area contributed by atoms with Crippen LogP contribution in [0.4, 0.5) is 5.69 Å². The predicted octanol–water partition coefficient (Wildman–Crippen LogP) is 2.47. The van der Waals surface area contributed by atoms with Gasteiger partial charge < -0.3 is 10.5 Å². The molecule has 0 atom stereocenters. The summed E-state index contributed by atoms with van der Waals surface area (Å²) in [7, 11) is 0. The molecule has 2 N–H and O–H groups in total. The highest BCUT2D eigenvalue weighted by Crippen LogP contribution is 2.13. The average Bonchev–Trinajstić information content (AvgIpc) is 2.02. The highest BCUT2D eigenvalue weighted by atomic mass is 16.6. The molecule has 0 aliphatic carbocycles. The first kappa shape index (κ1) is 10.6. The third-order valence-electron chi connectivity index (χ3n) is 1.55. The Morgan fingerprint density at radius 3 is 2.21 bits per heavy atom. The van der Waals surface area contributed by atoms with Gasteiger partial charge in [-0.05, 0) is 45.0 Å². The third kappa shape index (κ3) is 3.09. The summed E-state index contributed by atoms with van der Waals surface area (Å²) in [5.41, 5.74) is 6.20. The summed E-state index contributed by atoms with van der Waals surface area (Å²) in [5, 5.41) is 0. The number of benzene rings is 1. The van der Waals surface area contributed by atoms with Gasteiger partial charge in [-0.2, -0.15) is 0 Å². The van der Waals surface area contributed by atoms with Gasteiger partial charge in [0.2, 0.25) is 0 Å². The minimum Gasteiger partial charge on any atom is -0.456 e. The number of rotatable bonds is 1. The lowest BCUT2D eigenvalue weighted by molar-refractivity contribution is 0.00696. The van der Waals surface area contributed by atoms with E-state index in [0.29, 0.717) is 11.3 Å². The summed E-state index contributed by atoms with van der Waals surface area (Å²) in [5.74, 6) is -0.322. The van der Waals surface area contributed by atoms with E-state index in [1.54, 1.807) is 24.3 Å². The standard InChI is InChI=1S/C11H15NO2.H2/c1-11(2,3)14-10(13)8-4-6-9(12)7-5-8;/h4-7H,12H2,1-3H3;1H. The molecule has 0 unspecified atom stereocenters. The second-order valence-electron chi connectivity index (χ2n) is 4.12. The Hall–Kier alpha value is -1.51. The lowest BCUT2D eigenvalue weighted by Crippen LogP contribution is -2.23. The molecule has 14 heavy (non-hydrogen) atoms. The van der Waals surface area contributed by atoms with Gasteiger partial charge in [0, 0.05) is 7.11 Å². The topological polar surface area (TPSA) is 52.3 Å². The van der Waals surface area contributed by atoms with Crippen LogP contribution in [0.25, 0.3) is 0 Å². The number of nitrogens with two attached hydrogens (primary N) is 1. The third-order valence-corrected chi connectivity index (χ3v) is 1.55. The highest BCUT2D eigenvalue weighted by Gasteiger charge is 2.17.